The summed E-state index contributed by atoms with van der Waals surface area (Å²) in [5, 5.41) is 9.60. The molecule has 1 N–H and O–H groups in total. The molecule has 0 aliphatic carbocycles. The molecule has 2 unspecified atom stereocenters. The molecule has 1 fully saturated rings. The average Bonchev–Trinajstić information content (AvgIpc) is 2.87. The van der Waals surface area contributed by atoms with E-state index in [4.69, 9.17) is 4.74 Å². The highest BCUT2D eigenvalue weighted by Gasteiger charge is 2.27. The summed E-state index contributed by atoms with van der Waals surface area (Å²) < 4.78 is 9.31. The Morgan fingerprint density at radius 2 is 2.71 bits per heavy atom. The van der Waals surface area contributed by atoms with E-state index in [2.05, 4.69) is 21.8 Å². The zero-order valence-corrected chi connectivity index (χ0v) is 9.09. The van der Waals surface area contributed by atoms with Gasteiger partial charge >= 0.3 is 0 Å². The van der Waals surface area contributed by atoms with Gasteiger partial charge in [0.25, 0.3) is 0 Å². The van der Waals surface area contributed by atoms with Crippen LogP contribution in [0.3, 0.4) is 0 Å². The third-order valence-electron chi connectivity index (χ3n) is 2.56. The summed E-state index contributed by atoms with van der Waals surface area (Å²) in [5.41, 5.74) is 1.06. The molecular weight excluding hydrogens is 198 g/mol. The maximum absolute atomic E-state index is 5.40. The molecular formula is C9H15N3OS. The third-order valence-corrected chi connectivity index (χ3v) is 3.08. The summed E-state index contributed by atoms with van der Waals surface area (Å²) in [6, 6.07) is 0.321. The minimum atomic E-state index is 0.321. The zero-order chi connectivity index (χ0) is 9.80. The molecule has 14 heavy (non-hydrogen) atoms. The number of hydrogen-bond donors (Lipinski definition) is 1. The Hall–Kier alpha value is -0.520. The van der Waals surface area contributed by atoms with Crippen LogP contribution in [0.1, 0.15) is 25.1 Å². The molecule has 78 valence electrons. The molecule has 0 aromatic carbocycles. The van der Waals surface area contributed by atoms with Gasteiger partial charge in [0.2, 0.25) is 0 Å². The minimum Gasteiger partial charge on any atom is -0.381 e. The Bertz CT molecular complexity index is 259. The third kappa shape index (κ3) is 2.10. The molecule has 1 aliphatic heterocycles. The van der Waals surface area contributed by atoms with E-state index in [1.807, 2.05) is 5.38 Å². The second-order valence-corrected chi connectivity index (χ2v) is 4.10. The molecule has 1 saturated heterocycles. The molecule has 1 aromatic heterocycles. The van der Waals surface area contributed by atoms with E-state index in [0.717, 1.165) is 31.9 Å². The second kappa shape index (κ2) is 4.82. The summed E-state index contributed by atoms with van der Waals surface area (Å²) in [5.74, 6) is 0.554. The summed E-state index contributed by atoms with van der Waals surface area (Å²) >= 11 is 1.41. The monoisotopic (exact) mass is 213 g/mol. The van der Waals surface area contributed by atoms with Gasteiger partial charge in [0.05, 0.1) is 18.3 Å². The van der Waals surface area contributed by atoms with Crippen LogP contribution in [0.25, 0.3) is 0 Å². The van der Waals surface area contributed by atoms with Crippen LogP contribution in [0.4, 0.5) is 0 Å². The highest BCUT2D eigenvalue weighted by atomic mass is 32.1. The molecule has 0 radical (unpaired) electrons. The highest BCUT2D eigenvalue weighted by Crippen LogP contribution is 2.27. The van der Waals surface area contributed by atoms with Crippen molar-refractivity contribution >= 4 is 11.5 Å². The van der Waals surface area contributed by atoms with E-state index in [1.54, 1.807) is 0 Å². The minimum absolute atomic E-state index is 0.321. The fourth-order valence-electron chi connectivity index (χ4n) is 1.86. The molecule has 0 saturated carbocycles. The van der Waals surface area contributed by atoms with Gasteiger partial charge < -0.3 is 10.1 Å². The molecule has 0 bridgehead atoms. The maximum atomic E-state index is 5.40. The van der Waals surface area contributed by atoms with Gasteiger partial charge in [-0.15, -0.1) is 5.10 Å². The number of nitrogens with zero attached hydrogens (tertiary/aromatic N) is 2. The van der Waals surface area contributed by atoms with Crippen LogP contribution in [-0.2, 0) is 4.74 Å². The van der Waals surface area contributed by atoms with Crippen LogP contribution in [-0.4, -0.2) is 29.3 Å². The largest absolute Gasteiger partial charge is 0.381 e. The van der Waals surface area contributed by atoms with Crippen molar-refractivity contribution < 1.29 is 4.74 Å². The van der Waals surface area contributed by atoms with E-state index in [9.17, 15) is 0 Å². The van der Waals surface area contributed by atoms with Crippen molar-refractivity contribution in [3.63, 3.8) is 0 Å². The summed E-state index contributed by atoms with van der Waals surface area (Å²) in [6.45, 7) is 4.79. The van der Waals surface area contributed by atoms with Gasteiger partial charge in [0.1, 0.15) is 0 Å². The first-order valence-corrected chi connectivity index (χ1v) is 5.83. The topological polar surface area (TPSA) is 47.0 Å². The number of rotatable bonds is 4. The fraction of sp³-hybridized carbons (Fsp3) is 0.778. The number of aromatic nitrogens is 2. The Kier molecular flexibility index (Phi) is 3.44. The lowest BCUT2D eigenvalue weighted by atomic mass is 9.97. The molecule has 4 nitrogen and oxygen atoms in total. The van der Waals surface area contributed by atoms with Crippen LogP contribution in [0.5, 0.6) is 0 Å². The normalized spacial score (nSPS) is 23.9. The van der Waals surface area contributed by atoms with Gasteiger partial charge in [0, 0.05) is 17.9 Å². The van der Waals surface area contributed by atoms with E-state index >= 15 is 0 Å². The Labute approximate surface area is 87.8 Å². The smallest absolute Gasteiger partial charge is 0.0928 e. The van der Waals surface area contributed by atoms with E-state index in [0.29, 0.717) is 12.0 Å². The van der Waals surface area contributed by atoms with Crippen molar-refractivity contribution in [2.75, 3.05) is 19.8 Å². The standard InChI is InChI=1S/C9H15N3OS/c1-2-10-9(7-3-4-13-5-7)8-6-14-12-11-8/h6-7,9-10H,2-5H2,1H3. The zero-order valence-electron chi connectivity index (χ0n) is 8.27. The predicted molar refractivity (Wildman–Crippen MR) is 55.3 cm³/mol. The Morgan fingerprint density at radius 3 is 3.29 bits per heavy atom. The molecule has 2 atom stereocenters. The molecule has 1 aliphatic rings. The van der Waals surface area contributed by atoms with Crippen LogP contribution < -0.4 is 5.32 Å². The number of nitrogens with one attached hydrogen (secondary N) is 1. The first-order chi connectivity index (χ1) is 6.92. The van der Waals surface area contributed by atoms with Crippen LogP contribution in [0, 0.1) is 5.92 Å². The molecule has 5 heteroatoms. The van der Waals surface area contributed by atoms with Gasteiger partial charge in [-0.25, -0.2) is 0 Å². The van der Waals surface area contributed by atoms with Crippen LogP contribution >= 0.6 is 11.5 Å². The highest BCUT2D eigenvalue weighted by molar-refractivity contribution is 7.03. The van der Waals surface area contributed by atoms with Crippen molar-refractivity contribution in [2.24, 2.45) is 5.92 Å². The SMILES string of the molecule is CCNC(c1csnn1)C1CCOC1. The molecule has 0 spiro atoms. The Balaban J connectivity index is 2.06. The number of hydrogen-bond acceptors (Lipinski definition) is 5. The molecule has 0 amide bonds. The van der Waals surface area contributed by atoms with Crippen LogP contribution in [0.2, 0.25) is 0 Å². The van der Waals surface area contributed by atoms with E-state index in [1.165, 1.54) is 11.5 Å². The van der Waals surface area contributed by atoms with E-state index in [-0.39, 0.29) is 0 Å². The van der Waals surface area contributed by atoms with Gasteiger partial charge in [-0.05, 0) is 24.5 Å². The van der Waals surface area contributed by atoms with Crippen molar-refractivity contribution in [3.05, 3.63) is 11.1 Å². The van der Waals surface area contributed by atoms with Crippen molar-refractivity contribution in [1.29, 1.82) is 0 Å². The van der Waals surface area contributed by atoms with Gasteiger partial charge in [0.15, 0.2) is 0 Å². The van der Waals surface area contributed by atoms with Gasteiger partial charge in [-0.2, -0.15) is 0 Å². The Morgan fingerprint density at radius 1 is 1.79 bits per heavy atom. The molecule has 1 aromatic rings. The lowest BCUT2D eigenvalue weighted by Crippen LogP contribution is -2.28. The van der Waals surface area contributed by atoms with Crippen molar-refractivity contribution in [2.45, 2.75) is 19.4 Å². The average molecular weight is 213 g/mol. The van der Waals surface area contributed by atoms with Crippen molar-refractivity contribution in [3.8, 4) is 0 Å². The first-order valence-electron chi connectivity index (χ1n) is 5.00. The first kappa shape index (κ1) is 10.0. The van der Waals surface area contributed by atoms with E-state index < -0.39 is 0 Å². The summed E-state index contributed by atoms with van der Waals surface area (Å²) in [4.78, 5) is 0. The van der Waals surface area contributed by atoms with Gasteiger partial charge in [-0.3, -0.25) is 0 Å². The van der Waals surface area contributed by atoms with Gasteiger partial charge in [-0.1, -0.05) is 11.4 Å². The lowest BCUT2D eigenvalue weighted by Gasteiger charge is -2.20. The lowest BCUT2D eigenvalue weighted by molar-refractivity contribution is 0.176. The van der Waals surface area contributed by atoms with Crippen molar-refractivity contribution in [1.82, 2.24) is 14.9 Å². The molecule has 2 heterocycles. The summed E-state index contributed by atoms with van der Waals surface area (Å²) in [7, 11) is 0. The maximum Gasteiger partial charge on any atom is 0.0928 e. The second-order valence-electron chi connectivity index (χ2n) is 3.49. The number of ether oxygens (including phenoxy) is 1. The predicted octanol–water partition coefficient (Wildman–Crippen LogP) is 1.23. The van der Waals surface area contributed by atoms with Crippen LogP contribution in [0.15, 0.2) is 5.38 Å². The fourth-order valence-corrected chi connectivity index (χ4v) is 2.35. The molecule has 2 rings (SSSR count). The quantitative estimate of drug-likeness (QED) is 0.817. The summed E-state index contributed by atoms with van der Waals surface area (Å²) in [6.07, 6.45) is 1.12.